The topological polar surface area (TPSA) is 53.4 Å². The maximum absolute atomic E-state index is 12.1. The normalized spacial score (nSPS) is 10.3. The molecule has 1 heterocycles. The number of aromatic nitrogens is 1. The first-order valence-electron chi connectivity index (χ1n) is 5.70. The van der Waals surface area contributed by atoms with Gasteiger partial charge in [0, 0.05) is 19.3 Å². The van der Waals surface area contributed by atoms with Gasteiger partial charge in [-0.25, -0.2) is 4.98 Å². The summed E-state index contributed by atoms with van der Waals surface area (Å²) in [5.41, 5.74) is 0.360. The van der Waals surface area contributed by atoms with Gasteiger partial charge in [-0.05, 0) is 18.6 Å². The number of nitrogens with zero attached hydrogens (tertiary/aromatic N) is 2. The summed E-state index contributed by atoms with van der Waals surface area (Å²) in [6.07, 6.45) is 3.37. The van der Waals surface area contributed by atoms with Gasteiger partial charge >= 0.3 is 0 Å². The Kier molecular flexibility index (Phi) is 5.94. The van der Waals surface area contributed by atoms with Gasteiger partial charge in [-0.2, -0.15) is 0 Å². The molecule has 0 radical (unpaired) electrons. The maximum atomic E-state index is 12.1. The number of pyridine rings is 1. The minimum absolute atomic E-state index is 0.0386. The highest BCUT2D eigenvalue weighted by Crippen LogP contribution is 2.09. The van der Waals surface area contributed by atoms with Crippen molar-refractivity contribution >= 4 is 17.5 Å². The van der Waals surface area contributed by atoms with Gasteiger partial charge in [-0.1, -0.05) is 24.9 Å². The maximum Gasteiger partial charge on any atom is 0.272 e. The van der Waals surface area contributed by atoms with Crippen molar-refractivity contribution in [2.45, 2.75) is 19.8 Å². The first-order chi connectivity index (χ1) is 8.19. The van der Waals surface area contributed by atoms with Gasteiger partial charge in [0.05, 0.1) is 11.6 Å². The molecule has 0 fully saturated rings. The van der Waals surface area contributed by atoms with Gasteiger partial charge in [-0.15, -0.1) is 0 Å². The Morgan fingerprint density at radius 3 is 2.76 bits per heavy atom. The van der Waals surface area contributed by atoms with Crippen LogP contribution in [0.5, 0.6) is 0 Å². The minimum atomic E-state index is -0.163. The number of carbonyl (C=O) groups excluding carboxylic acids is 1. The summed E-state index contributed by atoms with van der Waals surface area (Å²) in [6.45, 7) is 2.99. The van der Waals surface area contributed by atoms with E-state index in [1.165, 1.54) is 6.20 Å². The summed E-state index contributed by atoms with van der Waals surface area (Å²) in [7, 11) is 0. The standard InChI is InChI=1S/C12H17ClN2O2/c1-2-3-6-15(7-8-16)12(17)11-5-4-10(13)9-14-11/h4-5,9,16H,2-3,6-8H2,1H3. The van der Waals surface area contributed by atoms with Crippen LogP contribution in [0, 0.1) is 0 Å². The molecule has 0 unspecified atom stereocenters. The third-order valence-electron chi connectivity index (χ3n) is 2.39. The average Bonchev–Trinajstić information content (AvgIpc) is 2.34. The number of rotatable bonds is 6. The van der Waals surface area contributed by atoms with E-state index in [1.807, 2.05) is 0 Å². The highest BCUT2D eigenvalue weighted by Gasteiger charge is 2.15. The fraction of sp³-hybridized carbons (Fsp3) is 0.500. The molecule has 0 aliphatic carbocycles. The molecule has 0 aliphatic rings. The summed E-state index contributed by atoms with van der Waals surface area (Å²) >= 11 is 5.71. The lowest BCUT2D eigenvalue weighted by Crippen LogP contribution is -2.34. The van der Waals surface area contributed by atoms with Crippen molar-refractivity contribution in [2.24, 2.45) is 0 Å². The molecule has 0 aromatic carbocycles. The third-order valence-corrected chi connectivity index (χ3v) is 2.61. The van der Waals surface area contributed by atoms with Crippen molar-refractivity contribution in [1.82, 2.24) is 9.88 Å². The molecule has 0 saturated heterocycles. The number of aliphatic hydroxyl groups excluding tert-OH is 1. The van der Waals surface area contributed by atoms with Gasteiger partial charge in [0.2, 0.25) is 0 Å². The first-order valence-corrected chi connectivity index (χ1v) is 6.08. The lowest BCUT2D eigenvalue weighted by Gasteiger charge is -2.20. The SMILES string of the molecule is CCCCN(CCO)C(=O)c1ccc(Cl)cn1. The Labute approximate surface area is 106 Å². The molecule has 1 aromatic heterocycles. The Balaban J connectivity index is 2.72. The van der Waals surface area contributed by atoms with Crippen molar-refractivity contribution in [2.75, 3.05) is 19.7 Å². The van der Waals surface area contributed by atoms with Crippen LogP contribution in [0.4, 0.5) is 0 Å². The highest BCUT2D eigenvalue weighted by atomic mass is 35.5. The first kappa shape index (κ1) is 13.9. The fourth-order valence-corrected chi connectivity index (χ4v) is 1.56. The number of hydrogen-bond acceptors (Lipinski definition) is 3. The number of amides is 1. The molecular weight excluding hydrogens is 240 g/mol. The summed E-state index contributed by atoms with van der Waals surface area (Å²) in [6, 6.07) is 3.24. The molecule has 5 heteroatoms. The summed E-state index contributed by atoms with van der Waals surface area (Å²) in [4.78, 5) is 17.7. The fourth-order valence-electron chi connectivity index (χ4n) is 1.45. The average molecular weight is 257 g/mol. The second kappa shape index (κ2) is 7.25. The van der Waals surface area contributed by atoms with E-state index < -0.39 is 0 Å². The van der Waals surface area contributed by atoms with Crippen LogP contribution in [0.15, 0.2) is 18.3 Å². The monoisotopic (exact) mass is 256 g/mol. The molecular formula is C12H17ClN2O2. The minimum Gasteiger partial charge on any atom is -0.395 e. The van der Waals surface area contributed by atoms with Crippen molar-refractivity contribution in [3.63, 3.8) is 0 Å². The van der Waals surface area contributed by atoms with E-state index in [0.717, 1.165) is 12.8 Å². The zero-order valence-electron chi connectivity index (χ0n) is 9.90. The molecule has 0 atom stereocenters. The van der Waals surface area contributed by atoms with E-state index >= 15 is 0 Å². The Morgan fingerprint density at radius 1 is 1.47 bits per heavy atom. The molecule has 1 N–H and O–H groups in total. The molecule has 94 valence electrons. The van der Waals surface area contributed by atoms with Gasteiger partial charge in [0.1, 0.15) is 5.69 Å². The lowest BCUT2D eigenvalue weighted by molar-refractivity contribution is 0.0713. The Morgan fingerprint density at radius 2 is 2.24 bits per heavy atom. The van der Waals surface area contributed by atoms with Crippen molar-refractivity contribution in [3.8, 4) is 0 Å². The largest absolute Gasteiger partial charge is 0.395 e. The Hall–Kier alpha value is -1.13. The Bertz CT molecular complexity index is 354. The van der Waals surface area contributed by atoms with Crippen LogP contribution in [0.3, 0.4) is 0 Å². The van der Waals surface area contributed by atoms with E-state index in [9.17, 15) is 4.79 Å². The third kappa shape index (κ3) is 4.32. The number of aliphatic hydroxyl groups is 1. The molecule has 1 amide bonds. The van der Waals surface area contributed by atoms with Crippen molar-refractivity contribution < 1.29 is 9.90 Å². The van der Waals surface area contributed by atoms with E-state index in [2.05, 4.69) is 11.9 Å². The molecule has 0 spiro atoms. The van der Waals surface area contributed by atoms with Gasteiger partial charge in [-0.3, -0.25) is 4.79 Å². The molecule has 17 heavy (non-hydrogen) atoms. The van der Waals surface area contributed by atoms with E-state index in [4.69, 9.17) is 16.7 Å². The second-order valence-electron chi connectivity index (χ2n) is 3.73. The van der Waals surface area contributed by atoms with Crippen LogP contribution < -0.4 is 0 Å². The zero-order chi connectivity index (χ0) is 12.7. The predicted octanol–water partition coefficient (Wildman–Crippen LogP) is 1.97. The zero-order valence-corrected chi connectivity index (χ0v) is 10.7. The van der Waals surface area contributed by atoms with Crippen LogP contribution in [0.2, 0.25) is 5.02 Å². The molecule has 1 aromatic rings. The van der Waals surface area contributed by atoms with E-state index in [1.54, 1.807) is 17.0 Å². The van der Waals surface area contributed by atoms with Crippen LogP contribution >= 0.6 is 11.6 Å². The van der Waals surface area contributed by atoms with Crippen molar-refractivity contribution in [1.29, 1.82) is 0 Å². The predicted molar refractivity (Wildman–Crippen MR) is 67.1 cm³/mol. The van der Waals surface area contributed by atoms with Crippen LogP contribution in [-0.4, -0.2) is 40.6 Å². The summed E-state index contributed by atoms with van der Waals surface area (Å²) in [5, 5.41) is 9.44. The number of carbonyl (C=O) groups is 1. The van der Waals surface area contributed by atoms with Gasteiger partial charge in [0.15, 0.2) is 0 Å². The number of unbranched alkanes of at least 4 members (excludes halogenated alkanes) is 1. The van der Waals surface area contributed by atoms with Gasteiger partial charge < -0.3 is 10.0 Å². The van der Waals surface area contributed by atoms with E-state index in [0.29, 0.717) is 23.8 Å². The summed E-state index contributed by atoms with van der Waals surface area (Å²) < 4.78 is 0. The second-order valence-corrected chi connectivity index (χ2v) is 4.17. The number of hydrogen-bond donors (Lipinski definition) is 1. The van der Waals surface area contributed by atoms with Crippen LogP contribution in [-0.2, 0) is 0 Å². The smallest absolute Gasteiger partial charge is 0.272 e. The summed E-state index contributed by atoms with van der Waals surface area (Å²) in [5.74, 6) is -0.163. The molecule has 1 rings (SSSR count). The van der Waals surface area contributed by atoms with Crippen molar-refractivity contribution in [3.05, 3.63) is 29.0 Å². The molecule has 0 bridgehead atoms. The number of halogens is 1. The van der Waals surface area contributed by atoms with E-state index in [-0.39, 0.29) is 12.5 Å². The molecule has 4 nitrogen and oxygen atoms in total. The quantitative estimate of drug-likeness (QED) is 0.847. The lowest BCUT2D eigenvalue weighted by atomic mass is 10.2. The van der Waals surface area contributed by atoms with Crippen LogP contribution in [0.1, 0.15) is 30.3 Å². The molecule has 0 saturated carbocycles. The highest BCUT2D eigenvalue weighted by molar-refractivity contribution is 6.30. The van der Waals surface area contributed by atoms with Crippen LogP contribution in [0.25, 0.3) is 0 Å². The van der Waals surface area contributed by atoms with Gasteiger partial charge in [0.25, 0.3) is 5.91 Å². The molecule has 0 aliphatic heterocycles.